The molecule has 10 aromatic carbocycles. The molecule has 0 saturated heterocycles. The Bertz CT molecular complexity index is 5750. The van der Waals surface area contributed by atoms with Crippen LogP contribution in [0.5, 0.6) is 23.0 Å². The van der Waals surface area contributed by atoms with Crippen LogP contribution in [-0.2, 0) is 83.4 Å². The van der Waals surface area contributed by atoms with E-state index in [9.17, 15) is 33.6 Å². The van der Waals surface area contributed by atoms with Gasteiger partial charge in [0.05, 0.1) is 105 Å². The third-order valence-corrected chi connectivity index (χ3v) is 19.9. The monoisotopic (exact) mass is 1690 g/mol. The molecule has 2 fully saturated rings. The fraction of sp³-hybridized carbons (Fsp3) is 0.218. The topological polar surface area (TPSA) is 261 Å². The van der Waals surface area contributed by atoms with E-state index in [2.05, 4.69) is 15.9 Å². The summed E-state index contributed by atoms with van der Waals surface area (Å²) >= 11 is 3.55. The average Bonchev–Trinajstić information content (AvgIpc) is 1.05. The number of rotatable bonds is 14. The fourth-order valence-electron chi connectivity index (χ4n) is 14.5. The molecule has 0 radical (unpaired) electrons. The molecule has 15 aromatic rings. The van der Waals surface area contributed by atoms with Crippen LogP contribution in [0.15, 0.2) is 210 Å². The molecule has 1 N–H and O–H groups in total. The number of benzene rings is 10. The Balaban J connectivity index is 0.000000134. The molecule has 2 aliphatic rings. The van der Waals surface area contributed by atoms with Crippen molar-refractivity contribution in [1.82, 2.24) is 0 Å². The Kier molecular flexibility index (Phi) is 24.8. The summed E-state index contributed by atoms with van der Waals surface area (Å²) in [4.78, 5) is 81.9. The van der Waals surface area contributed by atoms with Crippen LogP contribution in [0.3, 0.4) is 0 Å². The molecule has 0 bridgehead atoms. The first kappa shape index (κ1) is 77.7. The number of halogens is 1. The molecule has 2 atom stereocenters. The summed E-state index contributed by atoms with van der Waals surface area (Å²) in [6.45, 7) is 4.37. The van der Waals surface area contributed by atoms with Gasteiger partial charge in [-0.05, 0) is 150 Å². The van der Waals surface area contributed by atoms with Crippen molar-refractivity contribution in [3.8, 4) is 23.0 Å². The molecule has 108 heavy (non-hydrogen) atoms. The van der Waals surface area contributed by atoms with E-state index in [-0.39, 0.29) is 108 Å². The van der Waals surface area contributed by atoms with Crippen molar-refractivity contribution in [2.24, 2.45) is 0 Å². The second kappa shape index (κ2) is 34.5. The fourth-order valence-corrected chi connectivity index (χ4v) is 15.0. The third-order valence-electron chi connectivity index (χ3n) is 19.3. The second-order valence-corrected chi connectivity index (χ2v) is 26.3. The number of ketones is 4. The molecular weight excluding hydrogens is 1610 g/mol. The van der Waals surface area contributed by atoms with E-state index in [0.29, 0.717) is 50.0 Å². The zero-order chi connectivity index (χ0) is 74.3. The Labute approximate surface area is 642 Å². The van der Waals surface area contributed by atoms with E-state index >= 15 is 0 Å². The quantitative estimate of drug-likeness (QED) is 0.0602. The van der Waals surface area contributed by atoms with Crippen molar-refractivity contribution < 1.29 is 110 Å². The van der Waals surface area contributed by atoms with Crippen molar-refractivity contribution >= 4 is 166 Å². The van der Waals surface area contributed by atoms with Crippen molar-refractivity contribution in [2.75, 3.05) is 41.7 Å². The van der Waals surface area contributed by atoms with Crippen LogP contribution in [0, 0.1) is 7.43 Å². The largest absolute Gasteiger partial charge is 0.496 e. The maximum atomic E-state index is 12.3. The number of fused-ring (bicyclic) bond motifs is 15. The van der Waals surface area contributed by atoms with Crippen LogP contribution in [0.2, 0.25) is 0 Å². The van der Waals surface area contributed by atoms with Gasteiger partial charge in [0, 0.05) is 127 Å². The number of aliphatic carboxylic acids is 1. The zero-order valence-electron chi connectivity index (χ0n) is 60.3. The molecule has 0 amide bonds. The van der Waals surface area contributed by atoms with Crippen molar-refractivity contribution in [2.45, 2.75) is 83.5 Å². The predicted molar refractivity (Wildman–Crippen MR) is 414 cm³/mol. The van der Waals surface area contributed by atoms with Crippen LogP contribution in [0.25, 0.3) is 109 Å². The molecule has 5 aromatic heterocycles. The number of carbonyl (C=O) groups excluding carboxylic acids is 6. The number of ether oxygens (including phenoxy) is 6. The van der Waals surface area contributed by atoms with Gasteiger partial charge in [0.25, 0.3) is 0 Å². The van der Waals surface area contributed by atoms with E-state index in [1.54, 1.807) is 67.3 Å². The van der Waals surface area contributed by atoms with Crippen molar-refractivity contribution in [3.63, 3.8) is 0 Å². The summed E-state index contributed by atoms with van der Waals surface area (Å²) in [5, 5.41) is 23.7. The first-order valence-corrected chi connectivity index (χ1v) is 35.4. The number of esters is 2. The van der Waals surface area contributed by atoms with Crippen LogP contribution in [0.4, 0.5) is 0 Å². The van der Waals surface area contributed by atoms with Crippen LogP contribution < -0.4 is 18.9 Å². The minimum atomic E-state index is -0.873. The predicted octanol–water partition coefficient (Wildman–Crippen LogP) is 19.8. The van der Waals surface area contributed by atoms with E-state index < -0.39 is 5.97 Å². The van der Waals surface area contributed by atoms with E-state index in [4.69, 9.17) is 55.6 Å². The first-order chi connectivity index (χ1) is 51.5. The van der Waals surface area contributed by atoms with Gasteiger partial charge >= 0.3 is 17.9 Å². The van der Waals surface area contributed by atoms with E-state index in [1.807, 2.05) is 152 Å². The molecule has 0 aliphatic heterocycles. The van der Waals surface area contributed by atoms with Gasteiger partial charge < -0.3 is 63.0 Å². The number of hydrogen-bond acceptors (Lipinski definition) is 18. The molecule has 5 heterocycles. The minimum absolute atomic E-state index is 0. The minimum Gasteiger partial charge on any atom is -0.496 e. The summed E-state index contributed by atoms with van der Waals surface area (Å²) in [5.74, 6) is 1.33. The number of carboxylic acid groups (broad SMARTS) is 1. The van der Waals surface area contributed by atoms with Gasteiger partial charge in [-0.2, -0.15) is 0 Å². The van der Waals surface area contributed by atoms with Crippen molar-refractivity contribution in [1.29, 1.82) is 0 Å². The summed E-state index contributed by atoms with van der Waals surface area (Å²) < 4.78 is 60.5. The Morgan fingerprint density at radius 2 is 0.694 bits per heavy atom. The molecular formula is C87H76BrO19W-. The van der Waals surface area contributed by atoms with E-state index in [0.717, 1.165) is 153 Å². The number of carboxylic acids is 1. The number of carbonyl (C=O) groups is 7. The standard InChI is InChI=1S/2C19H16O4.C17H16O4.C16H13BrO3.C15H12O4.CH3.W/c2*1-22-17-4-2-3-14-13(17)7-8-18-19(14)15(10-23-18)12-6-5-11(20)9-16(12)21;1-3-20-16(18)9-11-10-21-15-8-7-12-13(17(11)15)5-4-6-14(12)19-2;1-2-19-15(18)8-10-9-20-14-7-6-11-12(16(10)14)4-3-5-13(11)17;1-18-12-4-2-3-11-10(12)5-6-13-15(11)9(8-19-13)7-14(16)17;;/h2*2-4,7-8,10,12H,5-6,9H2,1H3;4-8,10H,3,9H2,1-2H3;3-7,9H,2,8H2,1H3;2-6,8H,7H2,1H3,(H,16,17);1H3;/q;;;;;-1;. The molecule has 2 saturated carbocycles. The molecule has 552 valence electrons. The smallest absolute Gasteiger partial charge is 0.310 e. The van der Waals surface area contributed by atoms with Gasteiger partial charge in [-0.3, -0.25) is 33.6 Å². The normalized spacial score (nSPS) is 14.1. The van der Waals surface area contributed by atoms with Gasteiger partial charge in [0.2, 0.25) is 0 Å². The first-order valence-electron chi connectivity index (χ1n) is 34.6. The van der Waals surface area contributed by atoms with Crippen LogP contribution in [0.1, 0.15) is 92.0 Å². The molecule has 17 rings (SSSR count). The number of Topliss-reactive ketones (excluding diaryl/α,β-unsaturated/α-hetero) is 4. The van der Waals surface area contributed by atoms with Crippen molar-refractivity contribution in [3.05, 3.63) is 223 Å². The maximum Gasteiger partial charge on any atom is 0.310 e. The van der Waals surface area contributed by atoms with E-state index in [1.165, 1.54) is 6.26 Å². The van der Waals surface area contributed by atoms with Gasteiger partial charge in [-0.25, -0.2) is 0 Å². The van der Waals surface area contributed by atoms with Crippen LogP contribution in [-0.4, -0.2) is 87.8 Å². The third kappa shape index (κ3) is 15.9. The van der Waals surface area contributed by atoms with Gasteiger partial charge in [-0.1, -0.05) is 76.6 Å². The zero-order valence-corrected chi connectivity index (χ0v) is 64.9. The number of methoxy groups -OCH3 is 4. The molecule has 21 heteroatoms. The Morgan fingerprint density at radius 1 is 0.398 bits per heavy atom. The summed E-state index contributed by atoms with van der Waals surface area (Å²) in [6, 6.07) is 48.6. The average molecular weight is 1690 g/mol. The summed E-state index contributed by atoms with van der Waals surface area (Å²) in [7, 11) is 6.55. The molecule has 19 nitrogen and oxygen atoms in total. The summed E-state index contributed by atoms with van der Waals surface area (Å²) in [5.41, 5.74) is 7.90. The van der Waals surface area contributed by atoms with Gasteiger partial charge in [0.1, 0.15) is 74.0 Å². The number of furan rings is 5. The molecule has 2 unspecified atom stereocenters. The van der Waals surface area contributed by atoms with Crippen LogP contribution >= 0.6 is 15.9 Å². The summed E-state index contributed by atoms with van der Waals surface area (Å²) in [6.07, 6.45) is 10.6. The second-order valence-electron chi connectivity index (χ2n) is 25.5. The molecule has 2 aliphatic carbocycles. The Hall–Kier alpha value is -11.3. The Morgan fingerprint density at radius 3 is 1.02 bits per heavy atom. The number of hydrogen-bond donors (Lipinski definition) is 1. The maximum absolute atomic E-state index is 12.3. The van der Waals surface area contributed by atoms with Gasteiger partial charge in [-0.15, -0.1) is 0 Å². The van der Waals surface area contributed by atoms with Gasteiger partial charge in [0.15, 0.2) is 0 Å². The SMILES string of the molecule is CCOC(=O)Cc1coc2ccc3c(Br)cccc3c12.CCOC(=O)Cc1coc2ccc3c(OC)cccc3c12.COc1cccc2c1ccc1occ(C3CCC(=O)CC3=O)c12.COc1cccc2c1ccc1occ(C3CCC(=O)CC3=O)c12.COc1cccc2c1ccc1occ(CC(=O)O)c12.[CH3-].[W]. The molecule has 0 spiro atoms.